The average molecular weight is 424 g/mol. The summed E-state index contributed by atoms with van der Waals surface area (Å²) in [5.74, 6) is 0.465. The van der Waals surface area contributed by atoms with Crippen molar-refractivity contribution < 1.29 is 26.3 Å². The topological polar surface area (TPSA) is 55.4 Å². The van der Waals surface area contributed by atoms with Gasteiger partial charge in [0.1, 0.15) is 5.75 Å². The number of benzene rings is 2. The first-order valence-electron chi connectivity index (χ1n) is 6.63. The largest absolute Gasteiger partial charge is 0.496 e. The molecule has 0 aromatic heterocycles. The van der Waals surface area contributed by atoms with E-state index in [-0.39, 0.29) is 17.0 Å². The van der Waals surface area contributed by atoms with Crippen molar-refractivity contribution in [2.45, 2.75) is 17.6 Å². The van der Waals surface area contributed by atoms with Crippen molar-refractivity contribution >= 4 is 26.0 Å². The maximum Gasteiger partial charge on any atom is 0.416 e. The van der Waals surface area contributed by atoms with E-state index in [4.69, 9.17) is 4.74 Å². The van der Waals surface area contributed by atoms with E-state index in [1.54, 1.807) is 0 Å². The van der Waals surface area contributed by atoms with E-state index in [1.165, 1.54) is 37.4 Å². The summed E-state index contributed by atoms with van der Waals surface area (Å²) in [6, 6.07) is 8.66. The molecule has 2 rings (SSSR count). The molecule has 0 spiro atoms. The molecular weight excluding hydrogens is 411 g/mol. The van der Waals surface area contributed by atoms with Crippen LogP contribution in [0.1, 0.15) is 11.1 Å². The minimum Gasteiger partial charge on any atom is -0.496 e. The summed E-state index contributed by atoms with van der Waals surface area (Å²) < 4.78 is 70.2. The Morgan fingerprint density at radius 2 is 1.88 bits per heavy atom. The van der Waals surface area contributed by atoms with Crippen LogP contribution in [0.4, 0.5) is 13.2 Å². The van der Waals surface area contributed by atoms with Crippen LogP contribution in [0.3, 0.4) is 0 Å². The molecule has 0 atom stereocenters. The van der Waals surface area contributed by atoms with Gasteiger partial charge in [0.05, 0.1) is 22.0 Å². The number of nitrogens with one attached hydrogen (secondary N) is 1. The SMILES string of the molecule is COc1ccc(S(=O)(=O)NCc2cccc(C(F)(F)F)c2)cc1Br. The lowest BCUT2D eigenvalue weighted by Gasteiger charge is -2.11. The standard InChI is InChI=1S/C15H13BrF3NO3S/c1-23-14-6-5-12(8-13(14)16)24(21,22)20-9-10-3-2-4-11(7-10)15(17,18)19/h2-8,20H,9H2,1H3. The van der Waals surface area contributed by atoms with E-state index in [2.05, 4.69) is 20.7 Å². The number of alkyl halides is 3. The molecule has 1 N–H and O–H groups in total. The summed E-state index contributed by atoms with van der Waals surface area (Å²) in [5, 5.41) is 0. The zero-order valence-electron chi connectivity index (χ0n) is 12.4. The molecule has 0 saturated carbocycles. The molecule has 4 nitrogen and oxygen atoms in total. The van der Waals surface area contributed by atoms with Gasteiger partial charge in [0.2, 0.25) is 10.0 Å². The van der Waals surface area contributed by atoms with Crippen LogP contribution in [0.15, 0.2) is 51.8 Å². The lowest BCUT2D eigenvalue weighted by molar-refractivity contribution is -0.137. The Labute approximate surface area is 145 Å². The van der Waals surface area contributed by atoms with Crippen LogP contribution < -0.4 is 9.46 Å². The molecule has 0 aliphatic carbocycles. The van der Waals surface area contributed by atoms with Crippen LogP contribution in [0.5, 0.6) is 5.75 Å². The van der Waals surface area contributed by atoms with Crippen LogP contribution in [0.25, 0.3) is 0 Å². The molecular formula is C15H13BrF3NO3S. The van der Waals surface area contributed by atoms with E-state index in [0.717, 1.165) is 12.1 Å². The quantitative estimate of drug-likeness (QED) is 0.791. The van der Waals surface area contributed by atoms with Crippen molar-refractivity contribution in [3.05, 3.63) is 58.1 Å². The second-order valence-corrected chi connectivity index (χ2v) is 7.44. The maximum absolute atomic E-state index is 12.7. The van der Waals surface area contributed by atoms with Gasteiger partial charge in [-0.25, -0.2) is 13.1 Å². The van der Waals surface area contributed by atoms with Gasteiger partial charge in [0, 0.05) is 6.54 Å². The van der Waals surface area contributed by atoms with Crippen LogP contribution in [0.2, 0.25) is 0 Å². The third-order valence-electron chi connectivity index (χ3n) is 3.15. The summed E-state index contributed by atoms with van der Waals surface area (Å²) in [6.07, 6.45) is -4.48. The number of halogens is 4. The van der Waals surface area contributed by atoms with Gasteiger partial charge in [-0.15, -0.1) is 0 Å². The number of hydrogen-bond acceptors (Lipinski definition) is 3. The molecule has 0 unspecified atom stereocenters. The highest BCUT2D eigenvalue weighted by Crippen LogP contribution is 2.30. The first-order valence-corrected chi connectivity index (χ1v) is 8.90. The van der Waals surface area contributed by atoms with Crippen molar-refractivity contribution in [3.63, 3.8) is 0 Å². The van der Waals surface area contributed by atoms with Crippen LogP contribution in [-0.2, 0) is 22.7 Å². The summed E-state index contributed by atoms with van der Waals surface area (Å²) in [5.41, 5.74) is -0.618. The highest BCUT2D eigenvalue weighted by molar-refractivity contribution is 9.10. The van der Waals surface area contributed by atoms with Crippen molar-refractivity contribution in [1.29, 1.82) is 0 Å². The molecule has 0 heterocycles. The average Bonchev–Trinajstić information content (AvgIpc) is 2.52. The van der Waals surface area contributed by atoms with E-state index in [0.29, 0.717) is 10.2 Å². The van der Waals surface area contributed by atoms with Gasteiger partial charge in [0.25, 0.3) is 0 Å². The number of hydrogen-bond donors (Lipinski definition) is 1. The number of methoxy groups -OCH3 is 1. The zero-order valence-corrected chi connectivity index (χ0v) is 14.8. The Bertz CT molecular complexity index is 838. The predicted molar refractivity (Wildman–Crippen MR) is 86.2 cm³/mol. The smallest absolute Gasteiger partial charge is 0.416 e. The highest BCUT2D eigenvalue weighted by Gasteiger charge is 2.30. The monoisotopic (exact) mass is 423 g/mol. The van der Waals surface area contributed by atoms with Gasteiger partial charge in [0.15, 0.2) is 0 Å². The van der Waals surface area contributed by atoms with Crippen LogP contribution in [0, 0.1) is 0 Å². The molecule has 0 amide bonds. The number of ether oxygens (including phenoxy) is 1. The summed E-state index contributed by atoms with van der Waals surface area (Å²) in [6.45, 7) is -0.254. The predicted octanol–water partition coefficient (Wildman–Crippen LogP) is 3.96. The normalized spacial score (nSPS) is 12.2. The van der Waals surface area contributed by atoms with Crippen molar-refractivity contribution in [1.82, 2.24) is 4.72 Å². The molecule has 0 fully saturated rings. The third kappa shape index (κ3) is 4.49. The number of sulfonamides is 1. The third-order valence-corrected chi connectivity index (χ3v) is 5.17. The van der Waals surface area contributed by atoms with E-state index >= 15 is 0 Å². The van der Waals surface area contributed by atoms with Gasteiger partial charge < -0.3 is 4.74 Å². The van der Waals surface area contributed by atoms with Gasteiger partial charge in [-0.3, -0.25) is 0 Å². The Balaban J connectivity index is 2.17. The Morgan fingerprint density at radius 1 is 1.17 bits per heavy atom. The van der Waals surface area contributed by atoms with E-state index < -0.39 is 21.8 Å². The molecule has 9 heteroatoms. The number of rotatable bonds is 5. The fraction of sp³-hybridized carbons (Fsp3) is 0.200. The second-order valence-electron chi connectivity index (χ2n) is 4.82. The van der Waals surface area contributed by atoms with E-state index in [1.807, 2.05) is 0 Å². The zero-order chi connectivity index (χ0) is 18.0. The van der Waals surface area contributed by atoms with Gasteiger partial charge >= 0.3 is 6.18 Å². The lowest BCUT2D eigenvalue weighted by Crippen LogP contribution is -2.23. The van der Waals surface area contributed by atoms with Gasteiger partial charge in [-0.1, -0.05) is 18.2 Å². The van der Waals surface area contributed by atoms with Crippen molar-refractivity contribution in [2.75, 3.05) is 7.11 Å². The second kappa shape index (κ2) is 7.12. The molecule has 0 aliphatic rings. The van der Waals surface area contributed by atoms with Crippen LogP contribution in [-0.4, -0.2) is 15.5 Å². The van der Waals surface area contributed by atoms with Crippen molar-refractivity contribution in [2.24, 2.45) is 0 Å². The summed E-state index contributed by atoms with van der Waals surface area (Å²) in [7, 11) is -2.43. The molecule has 2 aromatic rings. The summed E-state index contributed by atoms with van der Waals surface area (Å²) in [4.78, 5) is -0.0258. The first-order chi connectivity index (χ1) is 11.1. The molecule has 0 aliphatic heterocycles. The minimum absolute atomic E-state index is 0.0258. The molecule has 0 bridgehead atoms. The molecule has 0 radical (unpaired) electrons. The molecule has 0 saturated heterocycles. The van der Waals surface area contributed by atoms with Crippen molar-refractivity contribution in [3.8, 4) is 5.75 Å². The molecule has 2 aromatic carbocycles. The lowest BCUT2D eigenvalue weighted by atomic mass is 10.1. The fourth-order valence-electron chi connectivity index (χ4n) is 1.93. The Morgan fingerprint density at radius 3 is 2.46 bits per heavy atom. The Hall–Kier alpha value is -1.58. The maximum atomic E-state index is 12.7. The summed E-state index contributed by atoms with van der Waals surface area (Å²) >= 11 is 3.18. The highest BCUT2D eigenvalue weighted by atomic mass is 79.9. The minimum atomic E-state index is -4.48. The van der Waals surface area contributed by atoms with Gasteiger partial charge in [-0.05, 0) is 45.8 Å². The molecule has 24 heavy (non-hydrogen) atoms. The van der Waals surface area contributed by atoms with E-state index in [9.17, 15) is 21.6 Å². The van der Waals surface area contributed by atoms with Gasteiger partial charge in [-0.2, -0.15) is 13.2 Å². The fourth-order valence-corrected chi connectivity index (χ4v) is 3.67. The van der Waals surface area contributed by atoms with Crippen LogP contribution >= 0.6 is 15.9 Å². The molecule has 130 valence electrons. The first kappa shape index (κ1) is 18.8. The Kier molecular flexibility index (Phi) is 5.56.